The summed E-state index contributed by atoms with van der Waals surface area (Å²) in [5, 5.41) is 4.09. The molecule has 23 heavy (non-hydrogen) atoms. The van der Waals surface area contributed by atoms with Crippen molar-refractivity contribution in [1.82, 2.24) is 14.7 Å². The molecule has 0 atom stereocenters. The van der Waals surface area contributed by atoms with Gasteiger partial charge in [-0.1, -0.05) is 12.1 Å². The first-order valence-corrected chi connectivity index (χ1v) is 8.51. The van der Waals surface area contributed by atoms with E-state index >= 15 is 0 Å². The van der Waals surface area contributed by atoms with Crippen molar-refractivity contribution in [3.8, 4) is 0 Å². The average Bonchev–Trinajstić information content (AvgIpc) is 2.99. The van der Waals surface area contributed by atoms with Gasteiger partial charge in [-0.25, -0.2) is 4.39 Å². The fraction of sp³-hybridized carbons (Fsp3) is 0.375. The SMILES string of the molecule is Cn1cc(SCC(=O)N2CCN(c3ccccc3F)CC2)cn1. The Kier molecular flexibility index (Phi) is 4.85. The van der Waals surface area contributed by atoms with Gasteiger partial charge in [-0.3, -0.25) is 9.48 Å². The highest BCUT2D eigenvalue weighted by molar-refractivity contribution is 8.00. The Bertz CT molecular complexity index is 682. The van der Waals surface area contributed by atoms with Gasteiger partial charge in [-0.15, -0.1) is 11.8 Å². The van der Waals surface area contributed by atoms with Gasteiger partial charge in [0.15, 0.2) is 0 Å². The number of aryl methyl sites for hydroxylation is 1. The maximum Gasteiger partial charge on any atom is 0.233 e. The van der Waals surface area contributed by atoms with Crippen molar-refractivity contribution in [1.29, 1.82) is 0 Å². The molecule has 1 aliphatic heterocycles. The minimum atomic E-state index is -0.209. The van der Waals surface area contributed by atoms with Crippen LogP contribution in [-0.4, -0.2) is 52.5 Å². The van der Waals surface area contributed by atoms with Gasteiger partial charge >= 0.3 is 0 Å². The second kappa shape index (κ2) is 7.04. The number of piperazine rings is 1. The Morgan fingerprint density at radius 2 is 2.00 bits per heavy atom. The van der Waals surface area contributed by atoms with E-state index in [0.29, 0.717) is 37.6 Å². The second-order valence-corrected chi connectivity index (χ2v) is 6.51. The highest BCUT2D eigenvalue weighted by atomic mass is 32.2. The number of carbonyl (C=O) groups is 1. The number of nitrogens with zero attached hydrogens (tertiary/aromatic N) is 4. The van der Waals surface area contributed by atoms with E-state index in [1.165, 1.54) is 17.8 Å². The van der Waals surface area contributed by atoms with E-state index in [2.05, 4.69) is 5.10 Å². The van der Waals surface area contributed by atoms with Crippen LogP contribution in [-0.2, 0) is 11.8 Å². The van der Waals surface area contributed by atoms with Gasteiger partial charge in [-0.05, 0) is 12.1 Å². The number of thioether (sulfide) groups is 1. The Morgan fingerprint density at radius 1 is 1.26 bits per heavy atom. The molecule has 7 heteroatoms. The average molecular weight is 334 g/mol. The first kappa shape index (κ1) is 15.9. The number of carbonyl (C=O) groups excluding carboxylic acids is 1. The first-order chi connectivity index (χ1) is 11.1. The van der Waals surface area contributed by atoms with Gasteiger partial charge in [0.25, 0.3) is 0 Å². The van der Waals surface area contributed by atoms with Crippen molar-refractivity contribution in [3.05, 3.63) is 42.5 Å². The van der Waals surface area contributed by atoms with Crippen LogP contribution in [0.4, 0.5) is 10.1 Å². The fourth-order valence-corrected chi connectivity index (χ4v) is 3.44. The topological polar surface area (TPSA) is 41.4 Å². The lowest BCUT2D eigenvalue weighted by Gasteiger charge is -2.36. The Hall–Kier alpha value is -2.02. The lowest BCUT2D eigenvalue weighted by Crippen LogP contribution is -2.49. The summed E-state index contributed by atoms with van der Waals surface area (Å²) in [6, 6.07) is 6.78. The summed E-state index contributed by atoms with van der Waals surface area (Å²) in [6.07, 6.45) is 3.65. The van der Waals surface area contributed by atoms with Crippen LogP contribution in [0.3, 0.4) is 0 Å². The third-order valence-electron chi connectivity index (χ3n) is 3.87. The van der Waals surface area contributed by atoms with Crippen LogP contribution in [0.15, 0.2) is 41.6 Å². The van der Waals surface area contributed by atoms with Crippen molar-refractivity contribution < 1.29 is 9.18 Å². The number of halogens is 1. The molecule has 1 saturated heterocycles. The largest absolute Gasteiger partial charge is 0.366 e. The molecule has 2 heterocycles. The highest BCUT2D eigenvalue weighted by Gasteiger charge is 2.22. The maximum absolute atomic E-state index is 13.8. The molecule has 0 saturated carbocycles. The summed E-state index contributed by atoms with van der Waals surface area (Å²) in [4.78, 5) is 17.1. The summed E-state index contributed by atoms with van der Waals surface area (Å²) in [5.41, 5.74) is 0.615. The second-order valence-electron chi connectivity index (χ2n) is 5.46. The van der Waals surface area contributed by atoms with E-state index < -0.39 is 0 Å². The molecule has 2 aromatic rings. The summed E-state index contributed by atoms with van der Waals surface area (Å²) in [7, 11) is 1.85. The minimum Gasteiger partial charge on any atom is -0.366 e. The maximum atomic E-state index is 13.8. The molecule has 1 amide bonds. The molecule has 0 N–H and O–H groups in total. The van der Waals surface area contributed by atoms with Gasteiger partial charge in [0.2, 0.25) is 5.91 Å². The zero-order valence-electron chi connectivity index (χ0n) is 13.0. The van der Waals surface area contributed by atoms with Crippen molar-refractivity contribution >= 4 is 23.4 Å². The third-order valence-corrected chi connectivity index (χ3v) is 4.80. The van der Waals surface area contributed by atoms with E-state index in [9.17, 15) is 9.18 Å². The summed E-state index contributed by atoms with van der Waals surface area (Å²) in [5.74, 6) is 0.317. The summed E-state index contributed by atoms with van der Waals surface area (Å²) in [6.45, 7) is 2.57. The van der Waals surface area contributed by atoms with Crippen molar-refractivity contribution in [2.45, 2.75) is 4.90 Å². The van der Waals surface area contributed by atoms with Crippen LogP contribution >= 0.6 is 11.8 Å². The van der Waals surface area contributed by atoms with E-state index in [4.69, 9.17) is 0 Å². The van der Waals surface area contributed by atoms with Crippen molar-refractivity contribution in [3.63, 3.8) is 0 Å². The standard InChI is InChI=1S/C16H19FN4OS/c1-19-11-13(10-18-19)23-12-16(22)21-8-6-20(7-9-21)15-5-3-2-4-14(15)17/h2-5,10-11H,6-9,12H2,1H3. The molecular formula is C16H19FN4OS. The van der Waals surface area contributed by atoms with Crippen molar-refractivity contribution in [2.75, 3.05) is 36.8 Å². The molecule has 0 radical (unpaired) electrons. The smallest absolute Gasteiger partial charge is 0.233 e. The van der Waals surface area contributed by atoms with E-state index in [1.807, 2.05) is 29.1 Å². The molecule has 1 aromatic carbocycles. The lowest BCUT2D eigenvalue weighted by molar-refractivity contribution is -0.128. The molecule has 1 aliphatic rings. The number of hydrogen-bond donors (Lipinski definition) is 0. The number of aromatic nitrogens is 2. The van der Waals surface area contributed by atoms with E-state index in [-0.39, 0.29) is 11.7 Å². The van der Waals surface area contributed by atoms with E-state index in [1.54, 1.807) is 23.0 Å². The molecule has 0 bridgehead atoms. The fourth-order valence-electron chi connectivity index (χ4n) is 2.61. The van der Waals surface area contributed by atoms with Gasteiger partial charge in [0.05, 0.1) is 17.6 Å². The van der Waals surface area contributed by atoms with Crippen LogP contribution in [0.1, 0.15) is 0 Å². The number of para-hydroxylation sites is 1. The lowest BCUT2D eigenvalue weighted by atomic mass is 10.2. The monoisotopic (exact) mass is 334 g/mol. The zero-order valence-corrected chi connectivity index (χ0v) is 13.8. The predicted octanol–water partition coefficient (Wildman–Crippen LogP) is 2.00. The molecule has 3 rings (SSSR count). The molecule has 122 valence electrons. The van der Waals surface area contributed by atoms with Gasteiger partial charge in [-0.2, -0.15) is 5.10 Å². The van der Waals surface area contributed by atoms with Crippen LogP contribution in [0, 0.1) is 5.82 Å². The normalized spacial score (nSPS) is 15.0. The number of amides is 1. The molecule has 0 unspecified atom stereocenters. The number of benzene rings is 1. The van der Waals surface area contributed by atoms with Gasteiger partial charge in [0, 0.05) is 44.3 Å². The molecule has 0 spiro atoms. The molecular weight excluding hydrogens is 315 g/mol. The predicted molar refractivity (Wildman–Crippen MR) is 89.1 cm³/mol. The number of anilines is 1. The van der Waals surface area contributed by atoms with Crippen LogP contribution in [0.25, 0.3) is 0 Å². The van der Waals surface area contributed by atoms with Crippen LogP contribution in [0.5, 0.6) is 0 Å². The summed E-state index contributed by atoms with van der Waals surface area (Å²) < 4.78 is 15.5. The Morgan fingerprint density at radius 3 is 2.65 bits per heavy atom. The Labute approximate surface area is 139 Å². The van der Waals surface area contributed by atoms with E-state index in [0.717, 1.165) is 4.90 Å². The first-order valence-electron chi connectivity index (χ1n) is 7.52. The van der Waals surface area contributed by atoms with Crippen LogP contribution < -0.4 is 4.90 Å². The highest BCUT2D eigenvalue weighted by Crippen LogP contribution is 2.21. The van der Waals surface area contributed by atoms with Gasteiger partial charge in [0.1, 0.15) is 5.82 Å². The number of rotatable bonds is 4. The summed E-state index contributed by atoms with van der Waals surface area (Å²) >= 11 is 1.49. The minimum absolute atomic E-state index is 0.118. The van der Waals surface area contributed by atoms with Crippen molar-refractivity contribution in [2.24, 2.45) is 7.05 Å². The Balaban J connectivity index is 1.50. The molecule has 0 aliphatic carbocycles. The quantitative estimate of drug-likeness (QED) is 0.802. The van der Waals surface area contributed by atoms with Gasteiger partial charge < -0.3 is 9.80 Å². The zero-order chi connectivity index (χ0) is 16.2. The number of hydrogen-bond acceptors (Lipinski definition) is 4. The van der Waals surface area contributed by atoms with Crippen LogP contribution in [0.2, 0.25) is 0 Å². The molecule has 1 fully saturated rings. The molecule has 5 nitrogen and oxygen atoms in total. The third kappa shape index (κ3) is 3.85. The molecule has 1 aromatic heterocycles.